The van der Waals surface area contributed by atoms with Crippen LogP contribution in [0.25, 0.3) is 0 Å². The molecular formula is C12H20N2. The molecule has 2 N–H and O–H groups in total. The average molecular weight is 192 g/mol. The number of anilines is 1. The quantitative estimate of drug-likeness (QED) is 0.767. The molecule has 0 amide bonds. The Morgan fingerprint density at radius 2 is 2.14 bits per heavy atom. The van der Waals surface area contributed by atoms with Gasteiger partial charge < -0.3 is 10.3 Å². The smallest absolute Gasteiger partial charge is 0.104 e. The molecule has 2 rings (SSSR count). The maximum Gasteiger partial charge on any atom is 0.104 e. The molecule has 0 spiro atoms. The van der Waals surface area contributed by atoms with Crippen LogP contribution in [0.4, 0.5) is 5.82 Å². The molecule has 78 valence electrons. The molecule has 2 nitrogen and oxygen atoms in total. The van der Waals surface area contributed by atoms with Crippen LogP contribution in [0.1, 0.15) is 44.9 Å². The topological polar surface area (TPSA) is 30.9 Å². The Hall–Kier alpha value is -0.920. The summed E-state index contributed by atoms with van der Waals surface area (Å²) in [4.78, 5) is 0. The van der Waals surface area contributed by atoms with Crippen LogP contribution in [0.15, 0.2) is 6.07 Å². The molecule has 1 aliphatic carbocycles. The zero-order valence-corrected chi connectivity index (χ0v) is 9.43. The van der Waals surface area contributed by atoms with Crippen molar-refractivity contribution in [2.75, 3.05) is 5.73 Å². The minimum Gasteiger partial charge on any atom is -0.385 e. The fraction of sp³-hybridized carbons (Fsp3) is 0.667. The van der Waals surface area contributed by atoms with Crippen LogP contribution in [0.2, 0.25) is 0 Å². The highest BCUT2D eigenvalue weighted by Crippen LogP contribution is 2.34. The van der Waals surface area contributed by atoms with Crippen molar-refractivity contribution in [1.29, 1.82) is 0 Å². The Morgan fingerprint density at radius 1 is 1.43 bits per heavy atom. The van der Waals surface area contributed by atoms with E-state index in [4.69, 9.17) is 5.73 Å². The number of nitrogens with zero attached hydrogens (tertiary/aromatic N) is 1. The first-order valence-corrected chi connectivity index (χ1v) is 5.55. The molecule has 1 aromatic heterocycles. The Labute approximate surface area is 86.1 Å². The highest BCUT2D eigenvalue weighted by Gasteiger charge is 2.27. The zero-order valence-electron chi connectivity index (χ0n) is 9.43. The molecule has 0 radical (unpaired) electrons. The Balaban J connectivity index is 2.52. The van der Waals surface area contributed by atoms with E-state index in [9.17, 15) is 0 Å². The summed E-state index contributed by atoms with van der Waals surface area (Å²) in [6.45, 7) is 6.75. The summed E-state index contributed by atoms with van der Waals surface area (Å²) in [6, 6.07) is 2.17. The molecule has 0 saturated carbocycles. The predicted molar refractivity (Wildman–Crippen MR) is 60.5 cm³/mol. The van der Waals surface area contributed by atoms with Gasteiger partial charge in [0.1, 0.15) is 5.82 Å². The van der Waals surface area contributed by atoms with Gasteiger partial charge in [-0.15, -0.1) is 0 Å². The number of nitrogen functional groups attached to an aromatic ring is 1. The van der Waals surface area contributed by atoms with Crippen molar-refractivity contribution in [3.8, 4) is 0 Å². The Morgan fingerprint density at radius 3 is 2.79 bits per heavy atom. The van der Waals surface area contributed by atoms with Gasteiger partial charge in [0.2, 0.25) is 0 Å². The van der Waals surface area contributed by atoms with E-state index < -0.39 is 0 Å². The van der Waals surface area contributed by atoms with Crippen molar-refractivity contribution in [2.45, 2.75) is 52.0 Å². The van der Waals surface area contributed by atoms with Gasteiger partial charge in [-0.3, -0.25) is 0 Å². The first-order valence-electron chi connectivity index (χ1n) is 5.55. The minimum absolute atomic E-state index is 0.169. The average Bonchev–Trinajstić information content (AvgIpc) is 2.62. The van der Waals surface area contributed by atoms with E-state index in [2.05, 4.69) is 31.4 Å². The molecule has 0 bridgehead atoms. The lowest BCUT2D eigenvalue weighted by atomic mass is 10.0. The third-order valence-electron chi connectivity index (χ3n) is 3.55. The van der Waals surface area contributed by atoms with Crippen LogP contribution in [0.5, 0.6) is 0 Å². The van der Waals surface area contributed by atoms with Gasteiger partial charge >= 0.3 is 0 Å². The SMILES string of the molecule is CCC(C)(C)n1c(N)cc2c1CCC2. The third-order valence-corrected chi connectivity index (χ3v) is 3.55. The van der Waals surface area contributed by atoms with Crippen LogP contribution in [0, 0.1) is 0 Å². The van der Waals surface area contributed by atoms with Gasteiger partial charge in [0.25, 0.3) is 0 Å². The second-order valence-corrected chi connectivity index (χ2v) is 4.90. The molecule has 2 heteroatoms. The standard InChI is InChI=1S/C12H20N2/c1-4-12(2,3)14-10-7-5-6-9(10)8-11(14)13/h8H,4-7,13H2,1-3H3. The van der Waals surface area contributed by atoms with Crippen LogP contribution in [-0.2, 0) is 18.4 Å². The molecular weight excluding hydrogens is 172 g/mol. The van der Waals surface area contributed by atoms with Crippen LogP contribution in [-0.4, -0.2) is 4.57 Å². The lowest BCUT2D eigenvalue weighted by Gasteiger charge is -2.29. The second-order valence-electron chi connectivity index (χ2n) is 4.90. The number of aryl methyl sites for hydroxylation is 1. The van der Waals surface area contributed by atoms with Crippen molar-refractivity contribution in [1.82, 2.24) is 4.57 Å². The van der Waals surface area contributed by atoms with Crippen molar-refractivity contribution in [3.63, 3.8) is 0 Å². The van der Waals surface area contributed by atoms with Crippen molar-refractivity contribution in [3.05, 3.63) is 17.3 Å². The molecule has 1 aliphatic rings. The van der Waals surface area contributed by atoms with Crippen LogP contribution < -0.4 is 5.73 Å². The molecule has 0 aromatic carbocycles. The fourth-order valence-corrected chi connectivity index (χ4v) is 2.43. The van der Waals surface area contributed by atoms with Gasteiger partial charge in [0.05, 0.1) is 0 Å². The zero-order chi connectivity index (χ0) is 10.3. The molecule has 1 aromatic rings. The summed E-state index contributed by atoms with van der Waals surface area (Å²) >= 11 is 0. The van der Waals surface area contributed by atoms with Gasteiger partial charge in [-0.25, -0.2) is 0 Å². The highest BCUT2D eigenvalue weighted by atomic mass is 15.1. The summed E-state index contributed by atoms with van der Waals surface area (Å²) < 4.78 is 2.34. The van der Waals surface area contributed by atoms with Gasteiger partial charge in [-0.05, 0) is 51.2 Å². The van der Waals surface area contributed by atoms with Gasteiger partial charge in [-0.2, -0.15) is 0 Å². The molecule has 0 atom stereocenters. The second kappa shape index (κ2) is 3.04. The first kappa shape index (κ1) is 9.63. The number of nitrogens with two attached hydrogens (primary N) is 1. The van der Waals surface area contributed by atoms with Crippen molar-refractivity contribution < 1.29 is 0 Å². The van der Waals surface area contributed by atoms with E-state index in [1.54, 1.807) is 0 Å². The normalized spacial score (nSPS) is 15.9. The van der Waals surface area contributed by atoms with Crippen LogP contribution in [0.3, 0.4) is 0 Å². The maximum atomic E-state index is 6.08. The predicted octanol–water partition coefficient (Wildman–Crippen LogP) is 2.70. The van der Waals surface area contributed by atoms with E-state index in [0.717, 1.165) is 12.2 Å². The third kappa shape index (κ3) is 1.24. The Kier molecular flexibility index (Phi) is 2.09. The number of aromatic nitrogens is 1. The molecule has 1 heterocycles. The number of hydrogen-bond donors (Lipinski definition) is 1. The lowest BCUT2D eigenvalue weighted by molar-refractivity contribution is 0.339. The first-order chi connectivity index (χ1) is 6.56. The molecule has 14 heavy (non-hydrogen) atoms. The number of rotatable bonds is 2. The van der Waals surface area contributed by atoms with E-state index in [-0.39, 0.29) is 5.54 Å². The summed E-state index contributed by atoms with van der Waals surface area (Å²) in [7, 11) is 0. The van der Waals surface area contributed by atoms with E-state index >= 15 is 0 Å². The summed E-state index contributed by atoms with van der Waals surface area (Å²) in [5.41, 5.74) is 9.20. The van der Waals surface area contributed by atoms with Gasteiger partial charge in [0, 0.05) is 11.2 Å². The summed E-state index contributed by atoms with van der Waals surface area (Å²) in [5, 5.41) is 0. The fourth-order valence-electron chi connectivity index (χ4n) is 2.43. The van der Waals surface area contributed by atoms with E-state index in [1.165, 1.54) is 30.5 Å². The highest BCUT2D eigenvalue weighted by molar-refractivity contribution is 5.44. The maximum absolute atomic E-state index is 6.08. The monoisotopic (exact) mass is 192 g/mol. The molecule has 0 fully saturated rings. The van der Waals surface area contributed by atoms with Crippen molar-refractivity contribution in [2.24, 2.45) is 0 Å². The molecule has 0 unspecified atom stereocenters. The van der Waals surface area contributed by atoms with E-state index in [0.29, 0.717) is 0 Å². The molecule has 0 saturated heterocycles. The largest absolute Gasteiger partial charge is 0.385 e. The Bertz CT molecular complexity index is 347. The minimum atomic E-state index is 0.169. The van der Waals surface area contributed by atoms with Crippen LogP contribution >= 0.6 is 0 Å². The summed E-state index contributed by atoms with van der Waals surface area (Å²) in [6.07, 6.45) is 4.84. The number of hydrogen-bond acceptors (Lipinski definition) is 1. The van der Waals surface area contributed by atoms with Gasteiger partial charge in [-0.1, -0.05) is 6.92 Å². The van der Waals surface area contributed by atoms with E-state index in [1.807, 2.05) is 0 Å². The number of fused-ring (bicyclic) bond motifs is 1. The van der Waals surface area contributed by atoms with Gasteiger partial charge in [0.15, 0.2) is 0 Å². The van der Waals surface area contributed by atoms with Crippen molar-refractivity contribution >= 4 is 5.82 Å². The lowest BCUT2D eigenvalue weighted by Crippen LogP contribution is -2.28. The summed E-state index contributed by atoms with van der Waals surface area (Å²) in [5.74, 6) is 0.946. The molecule has 0 aliphatic heterocycles.